The van der Waals surface area contributed by atoms with Gasteiger partial charge in [0, 0.05) is 31.7 Å². The van der Waals surface area contributed by atoms with E-state index in [0.29, 0.717) is 11.8 Å². The van der Waals surface area contributed by atoms with Crippen LogP contribution in [-0.4, -0.2) is 48.0 Å². The van der Waals surface area contributed by atoms with Gasteiger partial charge in [-0.1, -0.05) is 5.21 Å². The molecule has 0 unspecified atom stereocenters. The number of piperidine rings is 1. The van der Waals surface area contributed by atoms with Gasteiger partial charge in [0.25, 0.3) is 0 Å². The number of H-pyrrole nitrogens is 1. The zero-order valence-corrected chi connectivity index (χ0v) is 13.5. The van der Waals surface area contributed by atoms with E-state index in [9.17, 15) is 0 Å². The SMILES string of the molecule is c1nc(N2CCC[C@H](Cn3cc(C4CC4)nn3)C2)c2[nH]cnc2n1. The van der Waals surface area contributed by atoms with Crippen molar-refractivity contribution >= 4 is 17.0 Å². The van der Waals surface area contributed by atoms with Crippen molar-refractivity contribution in [1.82, 2.24) is 34.9 Å². The van der Waals surface area contributed by atoms with Crippen molar-refractivity contribution in [1.29, 1.82) is 0 Å². The fourth-order valence-electron chi connectivity index (χ4n) is 3.63. The Bertz CT molecular complexity index is 849. The van der Waals surface area contributed by atoms with Crippen LogP contribution < -0.4 is 4.90 Å². The summed E-state index contributed by atoms with van der Waals surface area (Å²) < 4.78 is 2.02. The smallest absolute Gasteiger partial charge is 0.182 e. The third-order valence-electron chi connectivity index (χ3n) is 5.02. The highest BCUT2D eigenvalue weighted by molar-refractivity contribution is 5.82. The van der Waals surface area contributed by atoms with Gasteiger partial charge < -0.3 is 9.88 Å². The van der Waals surface area contributed by atoms with Crippen LogP contribution in [0.15, 0.2) is 18.9 Å². The maximum Gasteiger partial charge on any atom is 0.182 e. The standard InChI is InChI=1S/C16H20N8/c1-2-11(7-24-8-13(21-22-24)12-3-4-12)6-23(5-1)16-14-15(18-9-17-14)19-10-20-16/h8-12H,1-7H2,(H,17,18,19,20)/t11-/m0/s1. The lowest BCUT2D eigenvalue weighted by Crippen LogP contribution is -2.37. The normalized spacial score (nSPS) is 21.5. The summed E-state index contributed by atoms with van der Waals surface area (Å²) in [5, 5.41) is 8.64. The van der Waals surface area contributed by atoms with Crippen LogP contribution in [0.25, 0.3) is 11.2 Å². The molecule has 3 aromatic rings. The molecular weight excluding hydrogens is 304 g/mol. The second-order valence-electron chi connectivity index (χ2n) is 6.89. The van der Waals surface area contributed by atoms with E-state index in [2.05, 4.69) is 41.3 Å². The summed E-state index contributed by atoms with van der Waals surface area (Å²) in [6.07, 6.45) is 10.3. The van der Waals surface area contributed by atoms with E-state index >= 15 is 0 Å². The number of fused-ring (bicyclic) bond motifs is 1. The minimum atomic E-state index is 0.556. The lowest BCUT2D eigenvalue weighted by molar-refractivity contribution is 0.347. The molecule has 5 rings (SSSR count). The summed E-state index contributed by atoms with van der Waals surface area (Å²) in [4.78, 5) is 18.4. The highest BCUT2D eigenvalue weighted by Crippen LogP contribution is 2.38. The van der Waals surface area contributed by atoms with E-state index in [-0.39, 0.29) is 0 Å². The minimum absolute atomic E-state index is 0.556. The number of aromatic amines is 1. The van der Waals surface area contributed by atoms with Crippen LogP contribution in [0.2, 0.25) is 0 Å². The number of nitrogens with one attached hydrogen (secondary N) is 1. The summed E-state index contributed by atoms with van der Waals surface area (Å²) in [6, 6.07) is 0. The molecule has 1 atom stereocenters. The summed E-state index contributed by atoms with van der Waals surface area (Å²) in [5.41, 5.74) is 2.82. The van der Waals surface area contributed by atoms with Gasteiger partial charge >= 0.3 is 0 Å². The molecule has 8 nitrogen and oxygen atoms in total. The maximum absolute atomic E-state index is 4.49. The van der Waals surface area contributed by atoms with Crippen LogP contribution in [0.3, 0.4) is 0 Å². The first-order valence-corrected chi connectivity index (χ1v) is 8.66. The van der Waals surface area contributed by atoms with Crippen LogP contribution in [0.4, 0.5) is 5.82 Å². The van der Waals surface area contributed by atoms with E-state index in [1.165, 1.54) is 19.3 Å². The molecule has 8 heteroatoms. The van der Waals surface area contributed by atoms with Crippen molar-refractivity contribution in [3.05, 3.63) is 24.5 Å². The minimum Gasteiger partial charge on any atom is -0.354 e. The first-order chi connectivity index (χ1) is 11.9. The molecule has 1 aliphatic heterocycles. The fraction of sp³-hybridized carbons (Fsp3) is 0.562. The Morgan fingerprint density at radius 2 is 2.12 bits per heavy atom. The first kappa shape index (κ1) is 13.9. The number of hydrogen-bond donors (Lipinski definition) is 1. The van der Waals surface area contributed by atoms with Crippen molar-refractivity contribution < 1.29 is 0 Å². The van der Waals surface area contributed by atoms with Gasteiger partial charge in [-0.05, 0) is 31.6 Å². The monoisotopic (exact) mass is 324 g/mol. The number of aromatic nitrogens is 7. The molecule has 1 saturated heterocycles. The molecule has 0 amide bonds. The molecule has 0 bridgehead atoms. The molecule has 3 aromatic heterocycles. The lowest BCUT2D eigenvalue weighted by atomic mass is 9.98. The molecule has 0 aromatic carbocycles. The average molecular weight is 324 g/mol. The van der Waals surface area contributed by atoms with Crippen LogP contribution in [0.1, 0.15) is 37.3 Å². The van der Waals surface area contributed by atoms with Gasteiger partial charge in [-0.2, -0.15) is 0 Å². The van der Waals surface area contributed by atoms with Crippen LogP contribution in [-0.2, 0) is 6.54 Å². The number of imidazole rings is 1. The van der Waals surface area contributed by atoms with Crippen LogP contribution in [0, 0.1) is 5.92 Å². The molecule has 1 aliphatic carbocycles. The predicted octanol–water partition coefficient (Wildman–Crippen LogP) is 1.74. The van der Waals surface area contributed by atoms with E-state index < -0.39 is 0 Å². The lowest BCUT2D eigenvalue weighted by Gasteiger charge is -2.33. The zero-order valence-electron chi connectivity index (χ0n) is 13.5. The highest BCUT2D eigenvalue weighted by atomic mass is 15.4. The molecular formula is C16H20N8. The molecule has 0 radical (unpaired) electrons. The Balaban J connectivity index is 1.33. The Kier molecular flexibility index (Phi) is 3.20. The van der Waals surface area contributed by atoms with Gasteiger partial charge in [0.05, 0.1) is 12.0 Å². The average Bonchev–Trinajstić information content (AvgIpc) is 3.16. The van der Waals surface area contributed by atoms with Crippen molar-refractivity contribution in [3.8, 4) is 0 Å². The fourth-order valence-corrected chi connectivity index (χ4v) is 3.63. The topological polar surface area (TPSA) is 88.4 Å². The predicted molar refractivity (Wildman–Crippen MR) is 88.6 cm³/mol. The Hall–Kier alpha value is -2.51. The molecule has 1 N–H and O–H groups in total. The molecule has 124 valence electrons. The van der Waals surface area contributed by atoms with Gasteiger partial charge in [-0.25, -0.2) is 15.0 Å². The first-order valence-electron chi connectivity index (χ1n) is 8.66. The quantitative estimate of drug-likeness (QED) is 0.786. The Morgan fingerprint density at radius 1 is 1.17 bits per heavy atom. The van der Waals surface area contributed by atoms with Crippen molar-refractivity contribution in [2.24, 2.45) is 5.92 Å². The molecule has 2 aliphatic rings. The summed E-state index contributed by atoms with van der Waals surface area (Å²) >= 11 is 0. The van der Waals surface area contributed by atoms with E-state index in [1.807, 2.05) is 4.68 Å². The summed E-state index contributed by atoms with van der Waals surface area (Å²) in [7, 11) is 0. The summed E-state index contributed by atoms with van der Waals surface area (Å²) in [5.74, 6) is 2.18. The van der Waals surface area contributed by atoms with Crippen molar-refractivity contribution in [2.75, 3.05) is 18.0 Å². The Morgan fingerprint density at radius 3 is 3.04 bits per heavy atom. The summed E-state index contributed by atoms with van der Waals surface area (Å²) in [6.45, 7) is 2.92. The molecule has 0 spiro atoms. The molecule has 2 fully saturated rings. The van der Waals surface area contributed by atoms with Gasteiger partial charge in [0.1, 0.15) is 11.8 Å². The van der Waals surface area contributed by atoms with Gasteiger partial charge in [-0.3, -0.25) is 4.68 Å². The highest BCUT2D eigenvalue weighted by Gasteiger charge is 2.28. The van der Waals surface area contributed by atoms with E-state index in [1.54, 1.807) is 12.7 Å². The maximum atomic E-state index is 4.49. The molecule has 1 saturated carbocycles. The van der Waals surface area contributed by atoms with E-state index in [0.717, 1.165) is 48.7 Å². The van der Waals surface area contributed by atoms with Gasteiger partial charge in [0.2, 0.25) is 0 Å². The van der Waals surface area contributed by atoms with Crippen molar-refractivity contribution in [2.45, 2.75) is 38.1 Å². The van der Waals surface area contributed by atoms with Crippen molar-refractivity contribution in [3.63, 3.8) is 0 Å². The number of nitrogens with zero attached hydrogens (tertiary/aromatic N) is 7. The molecule has 24 heavy (non-hydrogen) atoms. The van der Waals surface area contributed by atoms with Crippen LogP contribution in [0.5, 0.6) is 0 Å². The number of rotatable bonds is 4. The Labute approximate surface area is 139 Å². The number of anilines is 1. The van der Waals surface area contributed by atoms with Crippen LogP contribution >= 0.6 is 0 Å². The zero-order chi connectivity index (χ0) is 15.9. The second kappa shape index (κ2) is 5.54. The molecule has 4 heterocycles. The largest absolute Gasteiger partial charge is 0.354 e. The van der Waals surface area contributed by atoms with Gasteiger partial charge in [0.15, 0.2) is 11.5 Å². The number of hydrogen-bond acceptors (Lipinski definition) is 6. The van der Waals surface area contributed by atoms with Gasteiger partial charge in [-0.15, -0.1) is 5.10 Å². The second-order valence-corrected chi connectivity index (χ2v) is 6.89. The third kappa shape index (κ3) is 2.51. The third-order valence-corrected chi connectivity index (χ3v) is 5.02. The van der Waals surface area contributed by atoms with E-state index in [4.69, 9.17) is 0 Å².